The number of terminal acetylenes is 1. The van der Waals surface area contributed by atoms with Crippen LogP contribution >= 0.6 is 11.6 Å². The third kappa shape index (κ3) is 4.24. The normalized spacial score (nSPS) is 9.96. The van der Waals surface area contributed by atoms with Gasteiger partial charge in [0.1, 0.15) is 5.56 Å². The largest absolute Gasteiger partial charge is 0.477 e. The molecule has 0 saturated heterocycles. The van der Waals surface area contributed by atoms with E-state index in [9.17, 15) is 4.79 Å². The zero-order chi connectivity index (χ0) is 16.7. The Morgan fingerprint density at radius 3 is 2.83 bits per heavy atom. The highest BCUT2D eigenvalue weighted by Gasteiger charge is 2.20. The molecule has 1 heterocycles. The lowest BCUT2D eigenvalue weighted by Gasteiger charge is -2.22. The predicted molar refractivity (Wildman–Crippen MR) is 90.4 cm³/mol. The third-order valence-corrected chi connectivity index (χ3v) is 3.54. The Labute approximate surface area is 141 Å². The second kappa shape index (κ2) is 8.21. The summed E-state index contributed by atoms with van der Waals surface area (Å²) in [6.45, 7) is 2.76. The third-order valence-electron chi connectivity index (χ3n) is 3.17. The molecule has 4 nitrogen and oxygen atoms in total. The van der Waals surface area contributed by atoms with Crippen molar-refractivity contribution in [2.45, 2.75) is 13.5 Å². The van der Waals surface area contributed by atoms with Gasteiger partial charge in [-0.3, -0.25) is 4.79 Å². The maximum Gasteiger partial charge on any atom is 0.260 e. The Bertz CT molecular complexity index is 725. The number of hydrogen-bond donors (Lipinski definition) is 0. The van der Waals surface area contributed by atoms with E-state index in [1.165, 1.54) is 0 Å². The summed E-state index contributed by atoms with van der Waals surface area (Å²) in [6.07, 6.45) is 6.99. The van der Waals surface area contributed by atoms with Gasteiger partial charge in [0.05, 0.1) is 13.2 Å². The van der Waals surface area contributed by atoms with Gasteiger partial charge in [0, 0.05) is 17.8 Å². The number of benzene rings is 1. The quantitative estimate of drug-likeness (QED) is 0.763. The highest BCUT2D eigenvalue weighted by atomic mass is 35.5. The molecule has 0 aliphatic carbocycles. The van der Waals surface area contributed by atoms with Gasteiger partial charge in [-0.2, -0.15) is 0 Å². The first-order chi connectivity index (χ1) is 11.2. The van der Waals surface area contributed by atoms with Gasteiger partial charge in [0.15, 0.2) is 0 Å². The van der Waals surface area contributed by atoms with Crippen molar-refractivity contribution >= 4 is 17.5 Å². The maximum absolute atomic E-state index is 12.8. The van der Waals surface area contributed by atoms with E-state index in [-0.39, 0.29) is 12.5 Å². The van der Waals surface area contributed by atoms with Gasteiger partial charge in [-0.25, -0.2) is 4.98 Å². The molecular formula is C18H17ClN2O2. The number of aromatic nitrogens is 1. The molecule has 0 unspecified atom stereocenters. The number of halogens is 1. The van der Waals surface area contributed by atoms with E-state index in [1.807, 2.05) is 25.1 Å². The number of carbonyl (C=O) groups is 1. The van der Waals surface area contributed by atoms with Crippen LogP contribution in [0, 0.1) is 12.3 Å². The Morgan fingerprint density at radius 2 is 2.13 bits per heavy atom. The Hall–Kier alpha value is -2.51. The molecular weight excluding hydrogens is 312 g/mol. The molecule has 118 valence electrons. The van der Waals surface area contributed by atoms with Crippen LogP contribution in [-0.2, 0) is 6.54 Å². The van der Waals surface area contributed by atoms with Crippen molar-refractivity contribution in [3.63, 3.8) is 0 Å². The highest BCUT2D eigenvalue weighted by molar-refractivity contribution is 6.31. The molecule has 0 N–H and O–H groups in total. The van der Waals surface area contributed by atoms with Crippen molar-refractivity contribution in [2.75, 3.05) is 13.2 Å². The molecule has 2 rings (SSSR count). The van der Waals surface area contributed by atoms with E-state index in [2.05, 4.69) is 10.9 Å². The molecule has 0 fully saturated rings. The highest BCUT2D eigenvalue weighted by Crippen LogP contribution is 2.21. The average Bonchev–Trinajstić information content (AvgIpc) is 2.56. The number of carbonyl (C=O) groups excluding carboxylic acids is 1. The SMILES string of the molecule is C#CCN(Cc1ccccc1Cl)C(=O)c1cccnc1OCC. The lowest BCUT2D eigenvalue weighted by molar-refractivity contribution is 0.0760. The lowest BCUT2D eigenvalue weighted by Crippen LogP contribution is -2.31. The molecule has 5 heteroatoms. The van der Waals surface area contributed by atoms with Gasteiger partial charge in [0.25, 0.3) is 5.91 Å². The van der Waals surface area contributed by atoms with Gasteiger partial charge >= 0.3 is 0 Å². The molecule has 0 aliphatic rings. The van der Waals surface area contributed by atoms with Crippen molar-refractivity contribution < 1.29 is 9.53 Å². The predicted octanol–water partition coefficient (Wildman–Crippen LogP) is 3.41. The lowest BCUT2D eigenvalue weighted by atomic mass is 10.1. The van der Waals surface area contributed by atoms with E-state index in [0.717, 1.165) is 5.56 Å². The molecule has 2 aromatic rings. The van der Waals surface area contributed by atoms with Gasteiger partial charge in [-0.05, 0) is 30.7 Å². The minimum absolute atomic E-state index is 0.171. The molecule has 1 aromatic heterocycles. The van der Waals surface area contributed by atoms with Gasteiger partial charge in [-0.1, -0.05) is 35.7 Å². The first kappa shape index (κ1) is 16.9. The summed E-state index contributed by atoms with van der Waals surface area (Å²) in [7, 11) is 0. The van der Waals surface area contributed by atoms with Crippen LogP contribution in [-0.4, -0.2) is 28.9 Å². The molecule has 0 saturated carbocycles. The van der Waals surface area contributed by atoms with Crippen LogP contribution in [0.4, 0.5) is 0 Å². The van der Waals surface area contributed by atoms with Crippen LogP contribution in [0.2, 0.25) is 5.02 Å². The summed E-state index contributed by atoms with van der Waals surface area (Å²) in [5, 5.41) is 0.596. The standard InChI is InChI=1S/C18H17ClN2O2/c1-3-12-21(13-14-8-5-6-10-16(14)19)18(22)15-9-7-11-20-17(15)23-4-2/h1,5-11H,4,12-13H2,2H3. The molecule has 0 bridgehead atoms. The molecule has 23 heavy (non-hydrogen) atoms. The number of rotatable bonds is 6. The summed E-state index contributed by atoms with van der Waals surface area (Å²) < 4.78 is 5.42. The van der Waals surface area contributed by atoms with Crippen LogP contribution in [0.3, 0.4) is 0 Å². The second-order valence-electron chi connectivity index (χ2n) is 4.75. The molecule has 0 radical (unpaired) electrons. The smallest absolute Gasteiger partial charge is 0.260 e. The van der Waals surface area contributed by atoms with Crippen molar-refractivity contribution in [3.05, 3.63) is 58.7 Å². The van der Waals surface area contributed by atoms with Crippen molar-refractivity contribution in [2.24, 2.45) is 0 Å². The number of ether oxygens (including phenoxy) is 1. The van der Waals surface area contributed by atoms with Crippen molar-refractivity contribution in [3.8, 4) is 18.2 Å². The fourth-order valence-electron chi connectivity index (χ4n) is 2.12. The van der Waals surface area contributed by atoms with Crippen molar-refractivity contribution in [1.29, 1.82) is 0 Å². The molecule has 0 aliphatic heterocycles. The van der Waals surface area contributed by atoms with E-state index < -0.39 is 0 Å². The van der Waals surface area contributed by atoms with E-state index >= 15 is 0 Å². The zero-order valence-electron chi connectivity index (χ0n) is 12.8. The Balaban J connectivity index is 2.29. The number of hydrogen-bond acceptors (Lipinski definition) is 3. The topological polar surface area (TPSA) is 42.4 Å². The number of pyridine rings is 1. The van der Waals surface area contributed by atoms with Crippen LogP contribution in [0.1, 0.15) is 22.8 Å². The summed E-state index contributed by atoms with van der Waals surface area (Å²) in [6, 6.07) is 10.7. The number of nitrogens with zero attached hydrogens (tertiary/aromatic N) is 2. The first-order valence-corrected chi connectivity index (χ1v) is 7.59. The summed E-state index contributed by atoms with van der Waals surface area (Å²) >= 11 is 6.17. The minimum Gasteiger partial charge on any atom is -0.477 e. The monoisotopic (exact) mass is 328 g/mol. The molecule has 1 aromatic carbocycles. The second-order valence-corrected chi connectivity index (χ2v) is 5.15. The van der Waals surface area contributed by atoms with E-state index in [0.29, 0.717) is 29.6 Å². The molecule has 0 spiro atoms. The van der Waals surface area contributed by atoms with E-state index in [1.54, 1.807) is 29.3 Å². The average molecular weight is 329 g/mol. The summed E-state index contributed by atoms with van der Waals surface area (Å²) in [5.41, 5.74) is 1.22. The van der Waals surface area contributed by atoms with Crippen LogP contribution in [0.5, 0.6) is 5.88 Å². The molecule has 1 amide bonds. The Morgan fingerprint density at radius 1 is 1.35 bits per heavy atom. The van der Waals surface area contributed by atoms with Gasteiger partial charge in [0.2, 0.25) is 5.88 Å². The van der Waals surface area contributed by atoms with Crippen LogP contribution in [0.25, 0.3) is 0 Å². The fraction of sp³-hybridized carbons (Fsp3) is 0.222. The van der Waals surface area contributed by atoms with Crippen LogP contribution in [0.15, 0.2) is 42.6 Å². The summed E-state index contributed by atoms with van der Waals surface area (Å²) in [5.74, 6) is 2.58. The van der Waals surface area contributed by atoms with Crippen molar-refractivity contribution in [1.82, 2.24) is 9.88 Å². The minimum atomic E-state index is -0.237. The summed E-state index contributed by atoms with van der Waals surface area (Å²) in [4.78, 5) is 18.5. The zero-order valence-corrected chi connectivity index (χ0v) is 13.6. The fourth-order valence-corrected chi connectivity index (χ4v) is 2.31. The number of amides is 1. The maximum atomic E-state index is 12.8. The van der Waals surface area contributed by atoms with Gasteiger partial charge in [-0.15, -0.1) is 6.42 Å². The first-order valence-electron chi connectivity index (χ1n) is 7.21. The van der Waals surface area contributed by atoms with Gasteiger partial charge < -0.3 is 9.64 Å². The van der Waals surface area contributed by atoms with Crippen LogP contribution < -0.4 is 4.74 Å². The van der Waals surface area contributed by atoms with E-state index in [4.69, 9.17) is 22.8 Å². The molecule has 0 atom stereocenters. The Kier molecular flexibility index (Phi) is 6.02.